The third-order valence-electron chi connectivity index (χ3n) is 10.9. The lowest BCUT2D eigenvalue weighted by atomic mass is 9.93. The van der Waals surface area contributed by atoms with Crippen LogP contribution in [0.5, 0.6) is 0 Å². The van der Waals surface area contributed by atoms with Crippen molar-refractivity contribution < 1.29 is 4.42 Å². The fourth-order valence-electron chi connectivity index (χ4n) is 8.00. The van der Waals surface area contributed by atoms with Crippen LogP contribution in [0.1, 0.15) is 0 Å². The molecule has 0 N–H and O–H groups in total. The number of rotatable bonds is 6. The molecule has 0 saturated carbocycles. The first kappa shape index (κ1) is 32.7. The Morgan fingerprint density at radius 2 is 0.789 bits per heavy atom. The maximum absolute atomic E-state index is 6.70. The Bertz CT molecular complexity index is 3220. The highest BCUT2D eigenvalue weighted by atomic mass is 16.3. The van der Waals surface area contributed by atoms with Gasteiger partial charge in [-0.25, -0.2) is 15.0 Å². The van der Waals surface area contributed by atoms with Gasteiger partial charge < -0.3 is 4.42 Å². The van der Waals surface area contributed by atoms with Crippen molar-refractivity contribution in [3.8, 4) is 67.5 Å². The molecule has 11 rings (SSSR count). The second-order valence-corrected chi connectivity index (χ2v) is 14.4. The molecule has 57 heavy (non-hydrogen) atoms. The van der Waals surface area contributed by atoms with Crippen LogP contribution in [0.2, 0.25) is 0 Å². The lowest BCUT2D eigenvalue weighted by Gasteiger charge is -2.11. The Morgan fingerprint density at radius 3 is 1.51 bits per heavy atom. The number of benzene rings is 9. The molecule has 0 radical (unpaired) electrons. The Balaban J connectivity index is 0.969. The highest BCUT2D eigenvalue weighted by molar-refractivity contribution is 6.19. The van der Waals surface area contributed by atoms with E-state index in [4.69, 9.17) is 19.4 Å². The van der Waals surface area contributed by atoms with Gasteiger partial charge in [0.25, 0.3) is 0 Å². The zero-order valence-corrected chi connectivity index (χ0v) is 30.8. The van der Waals surface area contributed by atoms with Gasteiger partial charge in [0.1, 0.15) is 11.2 Å². The van der Waals surface area contributed by atoms with Crippen molar-refractivity contribution in [2.24, 2.45) is 0 Å². The van der Waals surface area contributed by atoms with Gasteiger partial charge in [-0.05, 0) is 79.9 Å². The number of furan rings is 1. The topological polar surface area (TPSA) is 51.8 Å². The summed E-state index contributed by atoms with van der Waals surface area (Å²) in [4.78, 5) is 14.7. The van der Waals surface area contributed by atoms with E-state index >= 15 is 0 Å². The molecule has 0 amide bonds. The first-order chi connectivity index (χ1) is 28.2. The maximum atomic E-state index is 6.70. The molecule has 0 unspecified atom stereocenters. The van der Waals surface area contributed by atoms with Crippen molar-refractivity contribution in [1.29, 1.82) is 0 Å². The van der Waals surface area contributed by atoms with Crippen molar-refractivity contribution in [2.75, 3.05) is 0 Å². The monoisotopic (exact) mass is 727 g/mol. The summed E-state index contributed by atoms with van der Waals surface area (Å²) in [5.74, 6) is 1.94. The SMILES string of the molecule is c1ccc(-c2nc(-c3ccccc3)nc(-c3ccc(-c4cccc(-c5cc6c7ccc(-c8ccc9ccccc9c8)cc7oc6c6ccccc56)c4)cc3)n2)cc1. The number of aromatic nitrogens is 3. The van der Waals surface area contributed by atoms with E-state index in [0.29, 0.717) is 17.5 Å². The normalized spacial score (nSPS) is 11.5. The van der Waals surface area contributed by atoms with E-state index in [1.165, 1.54) is 21.9 Å². The maximum Gasteiger partial charge on any atom is 0.164 e. The van der Waals surface area contributed by atoms with Crippen molar-refractivity contribution in [3.05, 3.63) is 200 Å². The van der Waals surface area contributed by atoms with Crippen LogP contribution < -0.4 is 0 Å². The molecule has 9 aromatic carbocycles. The van der Waals surface area contributed by atoms with Crippen molar-refractivity contribution in [1.82, 2.24) is 15.0 Å². The molecule has 11 aromatic rings. The first-order valence-electron chi connectivity index (χ1n) is 19.2. The Morgan fingerprint density at radius 1 is 0.281 bits per heavy atom. The van der Waals surface area contributed by atoms with E-state index < -0.39 is 0 Å². The smallest absolute Gasteiger partial charge is 0.164 e. The number of nitrogens with zero attached hydrogens (tertiary/aromatic N) is 3. The first-order valence-corrected chi connectivity index (χ1v) is 19.2. The molecule has 0 atom stereocenters. The molecule has 4 nitrogen and oxygen atoms in total. The van der Waals surface area contributed by atoms with Crippen LogP contribution in [0.3, 0.4) is 0 Å². The van der Waals surface area contributed by atoms with Crippen LogP contribution in [-0.2, 0) is 0 Å². The predicted octanol–water partition coefficient (Wildman–Crippen LogP) is 14.1. The van der Waals surface area contributed by atoms with Gasteiger partial charge in [-0.15, -0.1) is 0 Å². The van der Waals surface area contributed by atoms with E-state index in [0.717, 1.165) is 71.7 Å². The van der Waals surface area contributed by atoms with Gasteiger partial charge in [0, 0.05) is 32.8 Å². The van der Waals surface area contributed by atoms with E-state index in [1.807, 2.05) is 60.7 Å². The average Bonchev–Trinajstić information content (AvgIpc) is 3.67. The molecular formula is C53H33N3O. The highest BCUT2D eigenvalue weighted by Gasteiger charge is 2.17. The molecule has 0 aliphatic rings. The second kappa shape index (κ2) is 13.6. The van der Waals surface area contributed by atoms with Crippen LogP contribution in [0.25, 0.3) is 111 Å². The molecule has 0 bridgehead atoms. The van der Waals surface area contributed by atoms with E-state index in [2.05, 4.69) is 140 Å². The fourth-order valence-corrected chi connectivity index (χ4v) is 8.00. The van der Waals surface area contributed by atoms with Crippen LogP contribution in [0, 0.1) is 0 Å². The van der Waals surface area contributed by atoms with Gasteiger partial charge in [-0.2, -0.15) is 0 Å². The number of hydrogen-bond donors (Lipinski definition) is 0. The summed E-state index contributed by atoms with van der Waals surface area (Å²) < 4.78 is 6.70. The molecule has 0 aliphatic heterocycles. The number of fused-ring (bicyclic) bond motifs is 6. The number of hydrogen-bond acceptors (Lipinski definition) is 4. The third kappa shape index (κ3) is 5.92. The summed E-state index contributed by atoms with van der Waals surface area (Å²) >= 11 is 0. The molecule has 266 valence electrons. The molecule has 0 aliphatic carbocycles. The van der Waals surface area contributed by atoms with Crippen molar-refractivity contribution >= 4 is 43.5 Å². The molecule has 4 heteroatoms. The van der Waals surface area contributed by atoms with Crippen molar-refractivity contribution in [3.63, 3.8) is 0 Å². The van der Waals surface area contributed by atoms with Gasteiger partial charge in [0.05, 0.1) is 0 Å². The lowest BCUT2D eigenvalue weighted by molar-refractivity contribution is 0.673. The minimum absolute atomic E-state index is 0.638. The quantitative estimate of drug-likeness (QED) is 0.171. The van der Waals surface area contributed by atoms with Crippen LogP contribution in [0.4, 0.5) is 0 Å². The summed E-state index contributed by atoms with van der Waals surface area (Å²) in [5.41, 5.74) is 11.5. The van der Waals surface area contributed by atoms with Gasteiger partial charge >= 0.3 is 0 Å². The zero-order chi connectivity index (χ0) is 37.7. The molecule has 2 aromatic heterocycles. The largest absolute Gasteiger partial charge is 0.455 e. The lowest BCUT2D eigenvalue weighted by Crippen LogP contribution is -2.00. The van der Waals surface area contributed by atoms with Gasteiger partial charge in [0.15, 0.2) is 17.5 Å². The van der Waals surface area contributed by atoms with Crippen LogP contribution >= 0.6 is 0 Å². The Hall–Kier alpha value is -7.69. The minimum Gasteiger partial charge on any atom is -0.455 e. The highest BCUT2D eigenvalue weighted by Crippen LogP contribution is 2.42. The van der Waals surface area contributed by atoms with Crippen LogP contribution in [-0.4, -0.2) is 15.0 Å². The van der Waals surface area contributed by atoms with Gasteiger partial charge in [-0.3, -0.25) is 0 Å². The summed E-state index contributed by atoms with van der Waals surface area (Å²) in [6.45, 7) is 0. The fraction of sp³-hybridized carbons (Fsp3) is 0. The van der Waals surface area contributed by atoms with E-state index in [9.17, 15) is 0 Å². The molecular weight excluding hydrogens is 695 g/mol. The Kier molecular flexibility index (Phi) is 7.78. The molecule has 0 saturated heterocycles. The summed E-state index contributed by atoms with van der Waals surface area (Å²) in [7, 11) is 0. The average molecular weight is 728 g/mol. The van der Waals surface area contributed by atoms with Gasteiger partial charge in [-0.1, -0.05) is 170 Å². The summed E-state index contributed by atoms with van der Waals surface area (Å²) in [5, 5.41) is 6.94. The molecule has 0 spiro atoms. The van der Waals surface area contributed by atoms with E-state index in [-0.39, 0.29) is 0 Å². The zero-order valence-electron chi connectivity index (χ0n) is 30.8. The second-order valence-electron chi connectivity index (χ2n) is 14.4. The third-order valence-corrected chi connectivity index (χ3v) is 10.9. The molecule has 0 fully saturated rings. The summed E-state index contributed by atoms with van der Waals surface area (Å²) in [6.07, 6.45) is 0. The standard InChI is InChI=1S/C53H33N3O/c1-3-13-36(14-4-1)51-54-52(37-15-5-2-6-16-37)56-53(55-51)38-25-22-35(23-26-38)40-18-11-19-43(31-40)47-33-48-45-29-28-42(41-27-24-34-12-7-8-17-39(34)30-41)32-49(45)57-50(48)46-21-10-9-20-44(46)47/h1-33H. The predicted molar refractivity (Wildman–Crippen MR) is 235 cm³/mol. The van der Waals surface area contributed by atoms with E-state index in [1.54, 1.807) is 0 Å². The summed E-state index contributed by atoms with van der Waals surface area (Å²) in [6, 6.07) is 70.0. The minimum atomic E-state index is 0.638. The van der Waals surface area contributed by atoms with Crippen LogP contribution in [0.15, 0.2) is 205 Å². The van der Waals surface area contributed by atoms with Crippen molar-refractivity contribution in [2.45, 2.75) is 0 Å². The Labute approximate surface area is 329 Å². The molecule has 2 heterocycles. The van der Waals surface area contributed by atoms with Gasteiger partial charge in [0.2, 0.25) is 0 Å².